The van der Waals surface area contributed by atoms with Crippen molar-refractivity contribution in [3.63, 3.8) is 0 Å². The van der Waals surface area contributed by atoms with Gasteiger partial charge in [0, 0.05) is 30.7 Å². The first-order valence-corrected chi connectivity index (χ1v) is 8.16. The van der Waals surface area contributed by atoms with Crippen molar-refractivity contribution in [2.45, 2.75) is 33.2 Å². The summed E-state index contributed by atoms with van der Waals surface area (Å²) >= 11 is 6.17. The fourth-order valence-electron chi connectivity index (χ4n) is 2.32. The molecule has 1 N–H and O–H groups in total. The van der Waals surface area contributed by atoms with Gasteiger partial charge in [0.2, 0.25) is 0 Å². The van der Waals surface area contributed by atoms with E-state index in [2.05, 4.69) is 34.0 Å². The smallest absolute Gasteiger partial charge is 0.134 e. The summed E-state index contributed by atoms with van der Waals surface area (Å²) in [5, 5.41) is 4.09. The predicted octanol–water partition coefficient (Wildman–Crippen LogP) is 4.37. The van der Waals surface area contributed by atoms with Crippen molar-refractivity contribution in [3.8, 4) is 0 Å². The molecule has 0 fully saturated rings. The lowest BCUT2D eigenvalue weighted by molar-refractivity contribution is 0.732. The monoisotopic (exact) mass is 318 g/mol. The molecular formula is C17H23ClN4. The van der Waals surface area contributed by atoms with Crippen LogP contribution in [-0.2, 0) is 6.54 Å². The lowest BCUT2D eigenvalue weighted by atomic mass is 10.2. The molecule has 0 saturated heterocycles. The molecule has 22 heavy (non-hydrogen) atoms. The summed E-state index contributed by atoms with van der Waals surface area (Å²) in [5.41, 5.74) is 1.06. The second kappa shape index (κ2) is 8.59. The third-order valence-electron chi connectivity index (χ3n) is 3.38. The molecule has 0 radical (unpaired) electrons. The van der Waals surface area contributed by atoms with Gasteiger partial charge in [-0.05, 0) is 24.5 Å². The summed E-state index contributed by atoms with van der Waals surface area (Å²) in [4.78, 5) is 11.0. The normalized spacial score (nSPS) is 10.5. The first kappa shape index (κ1) is 16.6. The van der Waals surface area contributed by atoms with E-state index in [0.717, 1.165) is 48.2 Å². The van der Waals surface area contributed by atoms with E-state index >= 15 is 0 Å². The number of aromatic nitrogens is 2. The molecule has 0 aliphatic carbocycles. The fourth-order valence-corrected chi connectivity index (χ4v) is 2.53. The summed E-state index contributed by atoms with van der Waals surface area (Å²) in [6.07, 6.45) is 3.82. The van der Waals surface area contributed by atoms with E-state index in [9.17, 15) is 0 Å². The Bertz CT molecular complexity index is 582. The molecule has 0 bridgehead atoms. The molecule has 0 amide bonds. The van der Waals surface area contributed by atoms with E-state index < -0.39 is 0 Å². The minimum Gasteiger partial charge on any atom is -0.366 e. The zero-order valence-corrected chi connectivity index (χ0v) is 14.0. The summed E-state index contributed by atoms with van der Waals surface area (Å²) < 4.78 is 0. The van der Waals surface area contributed by atoms with Gasteiger partial charge in [-0.2, -0.15) is 0 Å². The second-order valence-electron chi connectivity index (χ2n) is 5.19. The van der Waals surface area contributed by atoms with Gasteiger partial charge in [0.25, 0.3) is 0 Å². The van der Waals surface area contributed by atoms with Crippen LogP contribution in [0.1, 0.15) is 32.3 Å². The molecule has 4 nitrogen and oxygen atoms in total. The average molecular weight is 319 g/mol. The van der Waals surface area contributed by atoms with E-state index in [4.69, 9.17) is 11.6 Å². The average Bonchev–Trinajstić information content (AvgIpc) is 2.54. The van der Waals surface area contributed by atoms with Crippen LogP contribution < -0.4 is 10.2 Å². The minimum atomic E-state index is 0.650. The maximum absolute atomic E-state index is 6.17. The topological polar surface area (TPSA) is 41.0 Å². The molecule has 5 heteroatoms. The zero-order chi connectivity index (χ0) is 15.8. The van der Waals surface area contributed by atoms with E-state index in [-0.39, 0.29) is 0 Å². The van der Waals surface area contributed by atoms with Crippen LogP contribution >= 0.6 is 11.6 Å². The zero-order valence-electron chi connectivity index (χ0n) is 13.2. The van der Waals surface area contributed by atoms with Gasteiger partial charge in [0.15, 0.2) is 0 Å². The van der Waals surface area contributed by atoms with E-state index in [1.807, 2.05) is 30.3 Å². The molecule has 1 aromatic carbocycles. The molecule has 0 aliphatic rings. The Morgan fingerprint density at radius 2 is 1.82 bits per heavy atom. The first-order chi connectivity index (χ1) is 10.7. The van der Waals surface area contributed by atoms with Crippen molar-refractivity contribution in [3.05, 3.63) is 47.2 Å². The molecule has 0 unspecified atom stereocenters. The van der Waals surface area contributed by atoms with Gasteiger partial charge in [0.1, 0.15) is 18.0 Å². The maximum Gasteiger partial charge on any atom is 0.134 e. The van der Waals surface area contributed by atoms with Crippen LogP contribution in [-0.4, -0.2) is 23.1 Å². The number of anilines is 2. The lowest BCUT2D eigenvalue weighted by Crippen LogP contribution is -2.26. The van der Waals surface area contributed by atoms with Gasteiger partial charge in [-0.15, -0.1) is 0 Å². The summed E-state index contributed by atoms with van der Waals surface area (Å²) in [5.74, 6) is 1.79. The van der Waals surface area contributed by atoms with Gasteiger partial charge in [-0.25, -0.2) is 9.97 Å². The Kier molecular flexibility index (Phi) is 6.46. The minimum absolute atomic E-state index is 0.650. The highest BCUT2D eigenvalue weighted by Gasteiger charge is 2.07. The predicted molar refractivity (Wildman–Crippen MR) is 93.6 cm³/mol. The maximum atomic E-state index is 6.17. The molecule has 2 aromatic rings. The van der Waals surface area contributed by atoms with Crippen LogP contribution in [0.25, 0.3) is 0 Å². The van der Waals surface area contributed by atoms with E-state index in [0.29, 0.717) is 6.54 Å². The SMILES string of the molecule is CCCN(CCC)c1cc(NCc2ccccc2Cl)ncn1. The third kappa shape index (κ3) is 4.60. The van der Waals surface area contributed by atoms with Crippen molar-refractivity contribution in [2.75, 3.05) is 23.3 Å². The molecule has 1 aromatic heterocycles. The van der Waals surface area contributed by atoms with Crippen LogP contribution in [0.5, 0.6) is 0 Å². The quantitative estimate of drug-likeness (QED) is 0.784. The van der Waals surface area contributed by atoms with E-state index in [1.54, 1.807) is 6.33 Å². The molecule has 0 spiro atoms. The number of halogens is 1. The molecule has 2 rings (SSSR count). The highest BCUT2D eigenvalue weighted by atomic mass is 35.5. The summed E-state index contributed by atoms with van der Waals surface area (Å²) in [6, 6.07) is 9.83. The number of benzene rings is 1. The first-order valence-electron chi connectivity index (χ1n) is 7.78. The Morgan fingerprint density at radius 1 is 1.09 bits per heavy atom. The molecule has 1 heterocycles. The molecular weight excluding hydrogens is 296 g/mol. The van der Waals surface area contributed by atoms with Crippen molar-refractivity contribution in [2.24, 2.45) is 0 Å². The van der Waals surface area contributed by atoms with Gasteiger partial charge in [0.05, 0.1) is 0 Å². The number of nitrogens with zero attached hydrogens (tertiary/aromatic N) is 3. The highest BCUT2D eigenvalue weighted by molar-refractivity contribution is 6.31. The number of rotatable bonds is 8. The van der Waals surface area contributed by atoms with Crippen molar-refractivity contribution < 1.29 is 0 Å². The largest absolute Gasteiger partial charge is 0.366 e. The summed E-state index contributed by atoms with van der Waals surface area (Å²) in [6.45, 7) is 7.03. The Morgan fingerprint density at radius 3 is 2.50 bits per heavy atom. The van der Waals surface area contributed by atoms with Crippen LogP contribution in [0.3, 0.4) is 0 Å². The van der Waals surface area contributed by atoms with Crippen molar-refractivity contribution >= 4 is 23.2 Å². The van der Waals surface area contributed by atoms with E-state index in [1.165, 1.54) is 0 Å². The van der Waals surface area contributed by atoms with Gasteiger partial charge in [-0.3, -0.25) is 0 Å². The lowest BCUT2D eigenvalue weighted by Gasteiger charge is -2.22. The van der Waals surface area contributed by atoms with Crippen LogP contribution in [0.15, 0.2) is 36.7 Å². The summed E-state index contributed by atoms with van der Waals surface area (Å²) in [7, 11) is 0. The standard InChI is InChI=1S/C17H23ClN4/c1-3-9-22(10-4-2)17-11-16(20-13-21-17)19-12-14-7-5-6-8-15(14)18/h5-8,11,13H,3-4,9-10,12H2,1-2H3,(H,19,20,21). The van der Waals surface area contributed by atoms with Gasteiger partial charge in [-0.1, -0.05) is 43.6 Å². The Hall–Kier alpha value is -1.81. The van der Waals surface area contributed by atoms with Crippen LogP contribution in [0.2, 0.25) is 5.02 Å². The molecule has 0 atom stereocenters. The second-order valence-corrected chi connectivity index (χ2v) is 5.60. The van der Waals surface area contributed by atoms with Crippen molar-refractivity contribution in [1.29, 1.82) is 0 Å². The van der Waals surface area contributed by atoms with Crippen LogP contribution in [0, 0.1) is 0 Å². The highest BCUT2D eigenvalue weighted by Crippen LogP contribution is 2.18. The third-order valence-corrected chi connectivity index (χ3v) is 3.75. The molecule has 0 saturated carbocycles. The Labute approximate surface area is 137 Å². The number of hydrogen-bond acceptors (Lipinski definition) is 4. The number of nitrogens with one attached hydrogen (secondary N) is 1. The Balaban J connectivity index is 2.06. The van der Waals surface area contributed by atoms with Gasteiger partial charge >= 0.3 is 0 Å². The molecule has 118 valence electrons. The number of hydrogen-bond donors (Lipinski definition) is 1. The fraction of sp³-hybridized carbons (Fsp3) is 0.412. The van der Waals surface area contributed by atoms with Crippen LogP contribution in [0.4, 0.5) is 11.6 Å². The molecule has 0 aliphatic heterocycles. The van der Waals surface area contributed by atoms with Crippen molar-refractivity contribution in [1.82, 2.24) is 9.97 Å². The van der Waals surface area contributed by atoms with Gasteiger partial charge < -0.3 is 10.2 Å².